The molecule has 2 aromatic carbocycles. The number of anilines is 1. The van der Waals surface area contributed by atoms with E-state index in [1.54, 1.807) is 12.1 Å². The van der Waals surface area contributed by atoms with Gasteiger partial charge in [0.05, 0.1) is 6.04 Å². The van der Waals surface area contributed by atoms with Gasteiger partial charge in [-0.1, -0.05) is 23.7 Å². The highest BCUT2D eigenvalue weighted by atomic mass is 35.5. The molecular weight excluding hydrogens is 353 g/mol. The summed E-state index contributed by atoms with van der Waals surface area (Å²) in [6.07, 6.45) is 0. The fourth-order valence-corrected chi connectivity index (χ4v) is 3.29. The van der Waals surface area contributed by atoms with Crippen molar-refractivity contribution in [1.29, 1.82) is 0 Å². The van der Waals surface area contributed by atoms with Crippen LogP contribution in [0.5, 0.6) is 0 Å². The number of carbonyl (C=O) groups excluding carboxylic acids is 1. The van der Waals surface area contributed by atoms with Crippen molar-refractivity contribution in [2.75, 3.05) is 31.1 Å². The van der Waals surface area contributed by atoms with Crippen LogP contribution in [0, 0.1) is 5.82 Å². The zero-order valence-electron chi connectivity index (χ0n) is 14.8. The number of nitrogens with zero attached hydrogens (tertiary/aromatic N) is 2. The van der Waals surface area contributed by atoms with Gasteiger partial charge in [-0.05, 0) is 48.9 Å². The van der Waals surface area contributed by atoms with E-state index in [4.69, 9.17) is 11.6 Å². The molecule has 1 fully saturated rings. The van der Waals surface area contributed by atoms with E-state index in [0.29, 0.717) is 6.54 Å². The first kappa shape index (κ1) is 18.7. The molecule has 0 aromatic heterocycles. The van der Waals surface area contributed by atoms with E-state index in [1.165, 1.54) is 12.1 Å². The second kappa shape index (κ2) is 8.52. The van der Waals surface area contributed by atoms with Gasteiger partial charge < -0.3 is 10.2 Å². The van der Waals surface area contributed by atoms with E-state index < -0.39 is 0 Å². The lowest BCUT2D eigenvalue weighted by Gasteiger charge is -2.38. The van der Waals surface area contributed by atoms with Gasteiger partial charge in [0.15, 0.2) is 0 Å². The number of piperazine rings is 1. The molecule has 3 rings (SSSR count). The summed E-state index contributed by atoms with van der Waals surface area (Å²) in [5.41, 5.74) is 1.91. The van der Waals surface area contributed by atoms with Gasteiger partial charge in [-0.3, -0.25) is 9.69 Å². The largest absolute Gasteiger partial charge is 0.369 e. The number of rotatable bonds is 5. The summed E-state index contributed by atoms with van der Waals surface area (Å²) in [7, 11) is 0. The third-order valence-corrected chi connectivity index (χ3v) is 5.04. The number of halogens is 2. The van der Waals surface area contributed by atoms with Crippen LogP contribution in [0.4, 0.5) is 10.1 Å². The van der Waals surface area contributed by atoms with E-state index in [9.17, 15) is 9.18 Å². The summed E-state index contributed by atoms with van der Waals surface area (Å²) in [4.78, 5) is 16.9. The minimum absolute atomic E-state index is 0.0331. The molecule has 138 valence electrons. The van der Waals surface area contributed by atoms with Crippen LogP contribution in [0.1, 0.15) is 12.5 Å². The van der Waals surface area contributed by atoms with Crippen molar-refractivity contribution in [2.45, 2.75) is 19.5 Å². The minimum Gasteiger partial charge on any atom is -0.369 e. The predicted molar refractivity (Wildman–Crippen MR) is 103 cm³/mol. The summed E-state index contributed by atoms with van der Waals surface area (Å²) in [5.74, 6) is -0.322. The summed E-state index contributed by atoms with van der Waals surface area (Å²) in [6.45, 7) is 5.62. The molecule has 6 heteroatoms. The van der Waals surface area contributed by atoms with Crippen molar-refractivity contribution in [1.82, 2.24) is 10.2 Å². The van der Waals surface area contributed by atoms with Crippen molar-refractivity contribution < 1.29 is 9.18 Å². The van der Waals surface area contributed by atoms with Gasteiger partial charge in [0.1, 0.15) is 5.82 Å². The quantitative estimate of drug-likeness (QED) is 0.870. The first-order valence-corrected chi connectivity index (χ1v) is 9.17. The van der Waals surface area contributed by atoms with E-state index in [-0.39, 0.29) is 17.8 Å². The molecule has 0 radical (unpaired) electrons. The Morgan fingerprint density at radius 1 is 1.15 bits per heavy atom. The Balaban J connectivity index is 1.48. The highest BCUT2D eigenvalue weighted by Gasteiger charge is 2.25. The Morgan fingerprint density at radius 2 is 1.85 bits per heavy atom. The summed E-state index contributed by atoms with van der Waals surface area (Å²) < 4.78 is 13.2. The maximum Gasteiger partial charge on any atom is 0.237 e. The van der Waals surface area contributed by atoms with Crippen LogP contribution in [0.2, 0.25) is 5.02 Å². The van der Waals surface area contributed by atoms with Crippen LogP contribution in [-0.4, -0.2) is 43.0 Å². The van der Waals surface area contributed by atoms with Crippen LogP contribution in [0.25, 0.3) is 0 Å². The number of carbonyl (C=O) groups is 1. The zero-order valence-corrected chi connectivity index (χ0v) is 15.5. The van der Waals surface area contributed by atoms with Gasteiger partial charge in [-0.25, -0.2) is 4.39 Å². The Bertz CT molecular complexity index is 745. The third kappa shape index (κ3) is 4.74. The van der Waals surface area contributed by atoms with Gasteiger partial charge in [0, 0.05) is 43.4 Å². The van der Waals surface area contributed by atoms with E-state index >= 15 is 0 Å². The topological polar surface area (TPSA) is 35.6 Å². The van der Waals surface area contributed by atoms with Crippen molar-refractivity contribution in [3.8, 4) is 0 Å². The number of amides is 1. The fourth-order valence-electron chi connectivity index (χ4n) is 3.17. The Morgan fingerprint density at radius 3 is 2.50 bits per heavy atom. The molecule has 4 nitrogen and oxygen atoms in total. The molecule has 1 N–H and O–H groups in total. The molecule has 1 atom stereocenters. The molecule has 0 bridgehead atoms. The first-order chi connectivity index (χ1) is 12.5. The monoisotopic (exact) mass is 375 g/mol. The molecule has 1 heterocycles. The number of benzene rings is 2. The van der Waals surface area contributed by atoms with E-state index in [1.807, 2.05) is 31.2 Å². The summed E-state index contributed by atoms with van der Waals surface area (Å²) >= 11 is 5.94. The smallest absolute Gasteiger partial charge is 0.237 e. The lowest BCUT2D eigenvalue weighted by molar-refractivity contribution is -0.126. The third-order valence-electron chi connectivity index (χ3n) is 4.79. The molecular formula is C20H23ClFN3O. The molecule has 1 amide bonds. The summed E-state index contributed by atoms with van der Waals surface area (Å²) in [5, 5.41) is 3.63. The van der Waals surface area contributed by atoms with Crippen molar-refractivity contribution in [3.05, 3.63) is 64.9 Å². The Hall–Kier alpha value is -2.11. The first-order valence-electron chi connectivity index (χ1n) is 8.79. The van der Waals surface area contributed by atoms with Crippen LogP contribution < -0.4 is 10.2 Å². The predicted octanol–water partition coefficient (Wildman–Crippen LogP) is 3.31. The molecule has 1 aliphatic rings. The normalized spacial score (nSPS) is 16.3. The maximum absolute atomic E-state index is 13.2. The molecule has 0 aliphatic carbocycles. The van der Waals surface area contributed by atoms with Crippen LogP contribution in [-0.2, 0) is 11.3 Å². The van der Waals surface area contributed by atoms with Gasteiger partial charge in [0.2, 0.25) is 5.91 Å². The van der Waals surface area contributed by atoms with Crippen LogP contribution >= 0.6 is 11.6 Å². The summed E-state index contributed by atoms with van der Waals surface area (Å²) in [6, 6.07) is 13.9. The molecule has 0 unspecified atom stereocenters. The van der Waals surface area contributed by atoms with Crippen LogP contribution in [0.3, 0.4) is 0 Å². The Labute approximate surface area is 158 Å². The number of hydrogen-bond donors (Lipinski definition) is 1. The maximum atomic E-state index is 13.2. The second-order valence-electron chi connectivity index (χ2n) is 6.52. The average molecular weight is 376 g/mol. The molecule has 0 spiro atoms. The molecule has 1 aliphatic heterocycles. The minimum atomic E-state index is -0.289. The van der Waals surface area contributed by atoms with Gasteiger partial charge in [-0.15, -0.1) is 0 Å². The molecule has 0 saturated carbocycles. The van der Waals surface area contributed by atoms with Crippen molar-refractivity contribution in [2.24, 2.45) is 0 Å². The van der Waals surface area contributed by atoms with Gasteiger partial charge >= 0.3 is 0 Å². The lowest BCUT2D eigenvalue weighted by atomic mass is 10.2. The highest BCUT2D eigenvalue weighted by Crippen LogP contribution is 2.20. The standard InChI is InChI=1S/C20H23ClFN3O/c1-15(20(26)23-14-16-3-2-4-18(22)13-16)24-9-11-25(12-10-24)19-7-5-17(21)6-8-19/h2-8,13,15H,9-12,14H2,1H3,(H,23,26)/t15-/m0/s1. The number of nitrogens with one attached hydrogen (secondary N) is 1. The molecule has 26 heavy (non-hydrogen) atoms. The van der Waals surface area contributed by atoms with Crippen molar-refractivity contribution in [3.63, 3.8) is 0 Å². The van der Waals surface area contributed by atoms with Gasteiger partial charge in [0.25, 0.3) is 0 Å². The highest BCUT2D eigenvalue weighted by molar-refractivity contribution is 6.30. The average Bonchev–Trinajstić information content (AvgIpc) is 2.66. The van der Waals surface area contributed by atoms with Gasteiger partial charge in [-0.2, -0.15) is 0 Å². The van der Waals surface area contributed by atoms with E-state index in [2.05, 4.69) is 15.1 Å². The fraction of sp³-hybridized carbons (Fsp3) is 0.350. The number of hydrogen-bond acceptors (Lipinski definition) is 3. The lowest BCUT2D eigenvalue weighted by Crippen LogP contribution is -2.53. The van der Waals surface area contributed by atoms with Crippen LogP contribution in [0.15, 0.2) is 48.5 Å². The molecule has 2 aromatic rings. The molecule has 1 saturated heterocycles. The van der Waals surface area contributed by atoms with Crippen molar-refractivity contribution >= 4 is 23.2 Å². The zero-order chi connectivity index (χ0) is 18.5. The SMILES string of the molecule is C[C@@H](C(=O)NCc1cccc(F)c1)N1CCN(c2ccc(Cl)cc2)CC1. The Kier molecular flexibility index (Phi) is 6.12. The van der Waals surface area contributed by atoms with E-state index in [0.717, 1.165) is 42.5 Å². The second-order valence-corrected chi connectivity index (χ2v) is 6.96.